The Morgan fingerprint density at radius 2 is 1.85 bits per heavy atom. The number of fused-ring (bicyclic) bond motifs is 1. The van der Waals surface area contributed by atoms with Crippen molar-refractivity contribution < 1.29 is 19.1 Å². The molecule has 5 nitrogen and oxygen atoms in total. The number of rotatable bonds is 5. The van der Waals surface area contributed by atoms with E-state index >= 15 is 0 Å². The molecule has 0 saturated heterocycles. The van der Waals surface area contributed by atoms with Gasteiger partial charge in [-0.3, -0.25) is 0 Å². The molecule has 1 aliphatic heterocycles. The van der Waals surface area contributed by atoms with E-state index in [9.17, 15) is 9.59 Å². The summed E-state index contributed by atoms with van der Waals surface area (Å²) in [5.41, 5.74) is 3.46. The Morgan fingerprint density at radius 1 is 1.11 bits per heavy atom. The van der Waals surface area contributed by atoms with Crippen LogP contribution in [0.3, 0.4) is 0 Å². The second kappa shape index (κ2) is 7.25. The summed E-state index contributed by atoms with van der Waals surface area (Å²) in [6, 6.07) is 16.9. The molecule has 1 aliphatic rings. The first-order chi connectivity index (χ1) is 13.2. The number of cyclic esters (lactones) is 1. The molecular formula is C21H17NO4S. The van der Waals surface area contributed by atoms with Gasteiger partial charge in [0.1, 0.15) is 10.6 Å². The molecule has 4 rings (SSSR count). The van der Waals surface area contributed by atoms with Crippen LogP contribution in [0.5, 0.6) is 0 Å². The van der Waals surface area contributed by atoms with Crippen LogP contribution in [0, 0.1) is 0 Å². The summed E-state index contributed by atoms with van der Waals surface area (Å²) in [5, 5.41) is 5.72. The van der Waals surface area contributed by atoms with Gasteiger partial charge >= 0.3 is 11.9 Å². The fourth-order valence-corrected chi connectivity index (χ4v) is 4.05. The highest BCUT2D eigenvalue weighted by atomic mass is 32.1. The van der Waals surface area contributed by atoms with Crippen molar-refractivity contribution in [1.29, 1.82) is 0 Å². The average molecular weight is 379 g/mol. The Hall–Kier alpha value is -3.12. The minimum absolute atomic E-state index is 0.281. The first kappa shape index (κ1) is 17.3. The zero-order valence-electron chi connectivity index (χ0n) is 14.6. The van der Waals surface area contributed by atoms with Gasteiger partial charge in [0.25, 0.3) is 0 Å². The summed E-state index contributed by atoms with van der Waals surface area (Å²) in [4.78, 5) is 24.7. The second-order valence-electron chi connectivity index (χ2n) is 5.96. The van der Waals surface area contributed by atoms with Crippen LogP contribution in [0.2, 0.25) is 0 Å². The van der Waals surface area contributed by atoms with E-state index in [1.54, 1.807) is 19.1 Å². The lowest BCUT2D eigenvalue weighted by atomic mass is 10.0. The van der Waals surface area contributed by atoms with Gasteiger partial charge < -0.3 is 14.8 Å². The first-order valence-electron chi connectivity index (χ1n) is 8.59. The highest BCUT2D eigenvalue weighted by molar-refractivity contribution is 7.15. The van der Waals surface area contributed by atoms with Crippen LogP contribution in [0.25, 0.3) is 11.1 Å². The highest BCUT2D eigenvalue weighted by Gasteiger charge is 2.32. The molecule has 0 fully saturated rings. The minimum atomic E-state index is -0.635. The van der Waals surface area contributed by atoms with Gasteiger partial charge in [-0.2, -0.15) is 0 Å². The van der Waals surface area contributed by atoms with Gasteiger partial charge in [-0.05, 0) is 18.6 Å². The molecule has 0 bridgehead atoms. The number of nitrogens with one attached hydrogen (secondary N) is 1. The number of carbonyl (C=O) groups excluding carboxylic acids is 2. The molecule has 2 aromatic carbocycles. The van der Waals surface area contributed by atoms with Crippen molar-refractivity contribution >= 4 is 28.3 Å². The maximum Gasteiger partial charge on any atom is 0.341 e. The number of thiophene rings is 1. The molecule has 1 atom stereocenters. The maximum atomic E-state index is 12.6. The number of hydrogen-bond donors (Lipinski definition) is 1. The number of anilines is 1. The molecule has 3 aromatic rings. The lowest BCUT2D eigenvalue weighted by Crippen LogP contribution is -2.13. The minimum Gasteiger partial charge on any atom is -0.462 e. The topological polar surface area (TPSA) is 64.6 Å². The lowest BCUT2D eigenvalue weighted by Gasteiger charge is -2.15. The first-order valence-corrected chi connectivity index (χ1v) is 9.47. The molecule has 136 valence electrons. The van der Waals surface area contributed by atoms with Crippen molar-refractivity contribution in [2.75, 3.05) is 11.9 Å². The van der Waals surface area contributed by atoms with Gasteiger partial charge in [0, 0.05) is 16.5 Å². The zero-order valence-corrected chi connectivity index (χ0v) is 15.4. The van der Waals surface area contributed by atoms with Gasteiger partial charge in [-0.25, -0.2) is 9.59 Å². The van der Waals surface area contributed by atoms with Crippen LogP contribution in [0.15, 0.2) is 60.0 Å². The molecule has 2 heterocycles. The van der Waals surface area contributed by atoms with Crippen molar-refractivity contribution in [3.8, 4) is 11.1 Å². The van der Waals surface area contributed by atoms with Crippen molar-refractivity contribution in [1.82, 2.24) is 0 Å². The van der Waals surface area contributed by atoms with Crippen LogP contribution in [0.1, 0.15) is 39.4 Å². The Bertz CT molecular complexity index is 996. The van der Waals surface area contributed by atoms with E-state index < -0.39 is 12.2 Å². The van der Waals surface area contributed by atoms with Crippen LogP contribution < -0.4 is 5.32 Å². The molecule has 0 saturated carbocycles. The third-order valence-corrected chi connectivity index (χ3v) is 5.22. The number of ether oxygens (including phenoxy) is 2. The third kappa shape index (κ3) is 3.19. The summed E-state index contributed by atoms with van der Waals surface area (Å²) in [6.45, 7) is 2.05. The number of benzene rings is 2. The molecule has 6 heteroatoms. The average Bonchev–Trinajstić information content (AvgIpc) is 3.25. The Kier molecular flexibility index (Phi) is 4.64. The monoisotopic (exact) mass is 379 g/mol. The van der Waals surface area contributed by atoms with Crippen LogP contribution in [-0.4, -0.2) is 18.5 Å². The second-order valence-corrected chi connectivity index (χ2v) is 6.84. The van der Waals surface area contributed by atoms with Crippen molar-refractivity contribution in [3.05, 3.63) is 76.7 Å². The highest BCUT2D eigenvalue weighted by Crippen LogP contribution is 2.40. The van der Waals surface area contributed by atoms with Crippen molar-refractivity contribution in [2.24, 2.45) is 0 Å². The molecule has 0 spiro atoms. The van der Waals surface area contributed by atoms with Gasteiger partial charge in [0.05, 0.1) is 12.2 Å². The van der Waals surface area contributed by atoms with Crippen LogP contribution in [-0.2, 0) is 9.47 Å². The largest absolute Gasteiger partial charge is 0.462 e. The Labute approximate surface area is 160 Å². The van der Waals surface area contributed by atoms with E-state index in [2.05, 4.69) is 5.32 Å². The van der Waals surface area contributed by atoms with Crippen molar-refractivity contribution in [3.63, 3.8) is 0 Å². The maximum absolute atomic E-state index is 12.6. The molecule has 1 unspecified atom stereocenters. The molecule has 0 aliphatic carbocycles. The van der Waals surface area contributed by atoms with E-state index in [1.165, 1.54) is 11.3 Å². The predicted octanol–water partition coefficient (Wildman–Crippen LogP) is 4.87. The summed E-state index contributed by atoms with van der Waals surface area (Å²) < 4.78 is 10.7. The fourth-order valence-electron chi connectivity index (χ4n) is 3.07. The lowest BCUT2D eigenvalue weighted by molar-refractivity contribution is 0.0437. The number of hydrogen-bond acceptors (Lipinski definition) is 6. The predicted molar refractivity (Wildman–Crippen MR) is 104 cm³/mol. The van der Waals surface area contributed by atoms with Gasteiger partial charge in [-0.15, -0.1) is 11.3 Å². The van der Waals surface area contributed by atoms with E-state index in [-0.39, 0.29) is 12.6 Å². The standard InChI is InChI=1S/C21H17NO4S/c1-2-25-21(24)17-16(13-8-4-3-5-9-13)12-27-19(17)22-18-14-10-6-7-11-15(14)20(23)26-18/h3-12,18,22H,2H2,1H3. The van der Waals surface area contributed by atoms with E-state index in [0.717, 1.165) is 16.7 Å². The SMILES string of the molecule is CCOC(=O)c1c(-c2ccccc2)csc1NC1OC(=O)c2ccccc21. The fraction of sp³-hybridized carbons (Fsp3) is 0.143. The van der Waals surface area contributed by atoms with Gasteiger partial charge in [0.2, 0.25) is 6.23 Å². The van der Waals surface area contributed by atoms with E-state index in [4.69, 9.17) is 9.47 Å². The van der Waals surface area contributed by atoms with E-state index in [1.807, 2.05) is 47.8 Å². The molecule has 27 heavy (non-hydrogen) atoms. The molecule has 1 aromatic heterocycles. The molecule has 1 N–H and O–H groups in total. The van der Waals surface area contributed by atoms with Gasteiger partial charge in [-0.1, -0.05) is 48.5 Å². The Morgan fingerprint density at radius 3 is 2.63 bits per heavy atom. The molecular weight excluding hydrogens is 362 g/mol. The van der Waals surface area contributed by atoms with Gasteiger partial charge in [0.15, 0.2) is 0 Å². The summed E-state index contributed by atoms with van der Waals surface area (Å²) in [6.07, 6.45) is -0.635. The summed E-state index contributed by atoms with van der Waals surface area (Å²) in [7, 11) is 0. The third-order valence-electron chi connectivity index (χ3n) is 4.31. The van der Waals surface area contributed by atoms with Crippen molar-refractivity contribution in [2.45, 2.75) is 13.2 Å². The van der Waals surface area contributed by atoms with Crippen LogP contribution in [0.4, 0.5) is 5.00 Å². The molecule has 0 amide bonds. The summed E-state index contributed by atoms with van der Waals surface area (Å²) in [5.74, 6) is -0.779. The quantitative estimate of drug-likeness (QED) is 0.641. The number of esters is 2. The molecule has 0 radical (unpaired) electrons. The summed E-state index contributed by atoms with van der Waals surface area (Å²) >= 11 is 1.38. The van der Waals surface area contributed by atoms with Crippen LogP contribution >= 0.6 is 11.3 Å². The normalized spacial score (nSPS) is 15.1. The Balaban J connectivity index is 1.72. The van der Waals surface area contributed by atoms with E-state index in [0.29, 0.717) is 16.1 Å². The number of carbonyl (C=O) groups is 2. The zero-order chi connectivity index (χ0) is 18.8. The smallest absolute Gasteiger partial charge is 0.341 e.